The molecule has 3 aromatic rings. The summed E-state index contributed by atoms with van der Waals surface area (Å²) in [6.45, 7) is 3.82. The van der Waals surface area contributed by atoms with Gasteiger partial charge in [0.15, 0.2) is 0 Å². The average molecular weight is 368 g/mol. The number of nitrogens with zero attached hydrogens (tertiary/aromatic N) is 6. The third-order valence-electron chi connectivity index (χ3n) is 4.22. The predicted molar refractivity (Wildman–Crippen MR) is 100 cm³/mol. The monoisotopic (exact) mass is 368 g/mol. The molecule has 0 N–H and O–H groups in total. The SMILES string of the molecule is Cc1ccc(CN(CCN(C)C)C(=O)Cc2ccc(-n3cnnn3)cc2)o1. The molecule has 1 aromatic carbocycles. The number of rotatable bonds is 8. The molecule has 0 saturated heterocycles. The van der Waals surface area contributed by atoms with Crippen LogP contribution in [0.3, 0.4) is 0 Å². The Morgan fingerprint density at radius 1 is 1.11 bits per heavy atom. The van der Waals surface area contributed by atoms with Crippen LogP contribution in [0, 0.1) is 6.92 Å². The molecule has 2 heterocycles. The van der Waals surface area contributed by atoms with E-state index in [0.717, 1.165) is 29.3 Å². The molecule has 0 radical (unpaired) electrons. The highest BCUT2D eigenvalue weighted by molar-refractivity contribution is 5.78. The third-order valence-corrected chi connectivity index (χ3v) is 4.22. The Balaban J connectivity index is 1.67. The van der Waals surface area contributed by atoms with Gasteiger partial charge in [-0.3, -0.25) is 4.79 Å². The minimum absolute atomic E-state index is 0.0704. The van der Waals surface area contributed by atoms with E-state index in [9.17, 15) is 4.79 Å². The number of amides is 1. The quantitative estimate of drug-likeness (QED) is 0.602. The number of benzene rings is 1. The summed E-state index contributed by atoms with van der Waals surface area (Å²) in [5, 5.41) is 11.1. The van der Waals surface area contributed by atoms with Crippen molar-refractivity contribution in [3.05, 3.63) is 59.8 Å². The molecule has 142 valence electrons. The number of hydrogen-bond donors (Lipinski definition) is 0. The van der Waals surface area contributed by atoms with Gasteiger partial charge in [-0.25, -0.2) is 4.68 Å². The van der Waals surface area contributed by atoms with Crippen LogP contribution in [0.5, 0.6) is 0 Å². The van der Waals surface area contributed by atoms with E-state index in [1.165, 1.54) is 6.33 Å². The van der Waals surface area contributed by atoms with E-state index in [1.54, 1.807) is 4.68 Å². The lowest BCUT2D eigenvalue weighted by atomic mass is 10.1. The van der Waals surface area contributed by atoms with Crippen molar-refractivity contribution in [2.75, 3.05) is 27.2 Å². The lowest BCUT2D eigenvalue weighted by Crippen LogP contribution is -2.37. The van der Waals surface area contributed by atoms with Crippen molar-refractivity contribution in [2.45, 2.75) is 19.9 Å². The summed E-state index contributed by atoms with van der Waals surface area (Å²) in [4.78, 5) is 16.8. The van der Waals surface area contributed by atoms with Gasteiger partial charge in [-0.1, -0.05) is 12.1 Å². The first-order valence-corrected chi connectivity index (χ1v) is 8.81. The van der Waals surface area contributed by atoms with Crippen LogP contribution in [0.15, 0.2) is 47.1 Å². The number of furan rings is 1. The number of tetrazole rings is 1. The molecule has 0 bridgehead atoms. The normalized spacial score (nSPS) is 11.1. The van der Waals surface area contributed by atoms with Gasteiger partial charge in [-0.15, -0.1) is 5.10 Å². The van der Waals surface area contributed by atoms with Crippen molar-refractivity contribution in [3.63, 3.8) is 0 Å². The Morgan fingerprint density at radius 3 is 2.48 bits per heavy atom. The fourth-order valence-corrected chi connectivity index (χ4v) is 2.70. The zero-order valence-corrected chi connectivity index (χ0v) is 15.9. The van der Waals surface area contributed by atoms with Crippen molar-refractivity contribution in [3.8, 4) is 5.69 Å². The molecule has 0 aliphatic carbocycles. The zero-order chi connectivity index (χ0) is 19.2. The summed E-state index contributed by atoms with van der Waals surface area (Å²) < 4.78 is 7.23. The first kappa shape index (κ1) is 18.8. The fraction of sp³-hybridized carbons (Fsp3) is 0.368. The highest BCUT2D eigenvalue weighted by Gasteiger charge is 2.16. The lowest BCUT2D eigenvalue weighted by molar-refractivity contribution is -0.131. The van der Waals surface area contributed by atoms with Gasteiger partial charge in [-0.2, -0.15) is 0 Å². The molecule has 8 nitrogen and oxygen atoms in total. The summed E-state index contributed by atoms with van der Waals surface area (Å²) >= 11 is 0. The van der Waals surface area contributed by atoms with Crippen LogP contribution in [0.25, 0.3) is 5.69 Å². The van der Waals surface area contributed by atoms with Gasteiger partial charge in [0.1, 0.15) is 17.8 Å². The van der Waals surface area contributed by atoms with Crippen LogP contribution in [0.2, 0.25) is 0 Å². The Hall–Kier alpha value is -3.00. The van der Waals surface area contributed by atoms with E-state index >= 15 is 0 Å². The predicted octanol–water partition coefficient (Wildman–Crippen LogP) is 1.70. The number of carbonyl (C=O) groups excluding carboxylic acids is 1. The van der Waals surface area contributed by atoms with Crippen LogP contribution >= 0.6 is 0 Å². The van der Waals surface area contributed by atoms with Crippen molar-refractivity contribution in [1.29, 1.82) is 0 Å². The van der Waals surface area contributed by atoms with Gasteiger partial charge >= 0.3 is 0 Å². The summed E-state index contributed by atoms with van der Waals surface area (Å²) in [7, 11) is 3.99. The highest BCUT2D eigenvalue weighted by Crippen LogP contribution is 2.13. The van der Waals surface area contributed by atoms with Crippen molar-refractivity contribution < 1.29 is 9.21 Å². The molecule has 27 heavy (non-hydrogen) atoms. The summed E-state index contributed by atoms with van der Waals surface area (Å²) in [6.07, 6.45) is 1.87. The molecule has 3 rings (SSSR count). The maximum absolute atomic E-state index is 12.9. The third kappa shape index (κ3) is 5.24. The number of aryl methyl sites for hydroxylation is 1. The van der Waals surface area contributed by atoms with Gasteiger partial charge in [0, 0.05) is 13.1 Å². The van der Waals surface area contributed by atoms with Crippen LogP contribution in [-0.2, 0) is 17.8 Å². The van der Waals surface area contributed by atoms with Gasteiger partial charge in [-0.05, 0) is 61.3 Å². The second-order valence-corrected chi connectivity index (χ2v) is 6.73. The number of carbonyl (C=O) groups is 1. The number of likely N-dealkylation sites (N-methyl/N-ethyl adjacent to an activating group) is 1. The van der Waals surface area contributed by atoms with Crippen molar-refractivity contribution >= 4 is 5.91 Å². The number of hydrogen-bond acceptors (Lipinski definition) is 6. The van der Waals surface area contributed by atoms with Crippen molar-refractivity contribution in [1.82, 2.24) is 30.0 Å². The summed E-state index contributed by atoms with van der Waals surface area (Å²) in [5.74, 6) is 1.72. The van der Waals surface area contributed by atoms with E-state index in [1.807, 2.05) is 62.3 Å². The number of aromatic nitrogens is 4. The Bertz CT molecular complexity index is 855. The van der Waals surface area contributed by atoms with Gasteiger partial charge in [0.2, 0.25) is 5.91 Å². The Kier molecular flexibility index (Phi) is 5.97. The molecule has 0 saturated carbocycles. The maximum Gasteiger partial charge on any atom is 0.227 e. The van der Waals surface area contributed by atoms with Gasteiger partial charge < -0.3 is 14.2 Å². The van der Waals surface area contributed by atoms with Gasteiger partial charge in [0.05, 0.1) is 18.7 Å². The standard InChI is InChI=1S/C19H24N6O2/c1-15-4-9-18(27-15)13-24(11-10-23(2)3)19(26)12-16-5-7-17(8-6-16)25-14-20-21-22-25/h4-9,14H,10-13H2,1-3H3. The Morgan fingerprint density at radius 2 is 1.89 bits per heavy atom. The van der Waals surface area contributed by atoms with Crippen LogP contribution in [-0.4, -0.2) is 63.1 Å². The van der Waals surface area contributed by atoms with E-state index in [-0.39, 0.29) is 5.91 Å². The molecular formula is C19H24N6O2. The smallest absolute Gasteiger partial charge is 0.227 e. The molecule has 0 spiro atoms. The molecule has 0 fully saturated rings. The maximum atomic E-state index is 12.9. The largest absolute Gasteiger partial charge is 0.464 e. The van der Waals surface area contributed by atoms with Crippen LogP contribution in [0.1, 0.15) is 17.1 Å². The summed E-state index contributed by atoms with van der Waals surface area (Å²) in [6, 6.07) is 11.5. The molecule has 8 heteroatoms. The molecular weight excluding hydrogens is 344 g/mol. The molecule has 0 aliphatic heterocycles. The molecule has 1 amide bonds. The van der Waals surface area contributed by atoms with E-state index in [4.69, 9.17) is 4.42 Å². The molecule has 0 aliphatic rings. The first-order valence-electron chi connectivity index (χ1n) is 8.81. The lowest BCUT2D eigenvalue weighted by Gasteiger charge is -2.23. The van der Waals surface area contributed by atoms with Crippen molar-refractivity contribution in [2.24, 2.45) is 0 Å². The zero-order valence-electron chi connectivity index (χ0n) is 15.9. The average Bonchev–Trinajstić information content (AvgIpc) is 3.31. The van der Waals surface area contributed by atoms with E-state index in [0.29, 0.717) is 19.5 Å². The molecule has 0 atom stereocenters. The van der Waals surface area contributed by atoms with Crippen LogP contribution < -0.4 is 0 Å². The fourth-order valence-electron chi connectivity index (χ4n) is 2.70. The molecule has 0 unspecified atom stereocenters. The minimum atomic E-state index is 0.0704. The second-order valence-electron chi connectivity index (χ2n) is 6.73. The van der Waals surface area contributed by atoms with Crippen LogP contribution in [0.4, 0.5) is 0 Å². The minimum Gasteiger partial charge on any atom is -0.464 e. The van der Waals surface area contributed by atoms with E-state index < -0.39 is 0 Å². The second kappa shape index (κ2) is 8.59. The summed E-state index contributed by atoms with van der Waals surface area (Å²) in [5.41, 5.74) is 1.80. The van der Waals surface area contributed by atoms with Gasteiger partial charge in [0.25, 0.3) is 0 Å². The highest BCUT2D eigenvalue weighted by atomic mass is 16.3. The molecule has 2 aromatic heterocycles. The van der Waals surface area contributed by atoms with E-state index in [2.05, 4.69) is 20.4 Å². The first-order chi connectivity index (χ1) is 13.0. The topological polar surface area (TPSA) is 80.3 Å². The Labute approximate surface area is 158 Å².